The second-order valence-corrected chi connectivity index (χ2v) is 6.27. The lowest BCUT2D eigenvalue weighted by molar-refractivity contribution is -0.384. The molecule has 6 nitrogen and oxygen atoms in total. The summed E-state index contributed by atoms with van der Waals surface area (Å²) in [5, 5.41) is 13.7. The van der Waals surface area contributed by atoms with Gasteiger partial charge in [-0.3, -0.25) is 14.9 Å². The number of nitrogens with one attached hydrogen (secondary N) is 1. The SMILES string of the molecule is CC(C)c1ccccc1NC(=O)[C@H](C)Oc1ccc([N+](=O)[O-])cc1Cl. The average Bonchev–Trinajstić information content (AvgIpc) is 2.56. The Bertz CT molecular complexity index is 792. The van der Waals surface area contributed by atoms with Gasteiger partial charge in [0.2, 0.25) is 0 Å². The molecular weight excluding hydrogens is 344 g/mol. The summed E-state index contributed by atoms with van der Waals surface area (Å²) in [4.78, 5) is 22.6. The van der Waals surface area contributed by atoms with E-state index < -0.39 is 11.0 Å². The predicted molar refractivity (Wildman–Crippen MR) is 97.4 cm³/mol. The molecule has 0 saturated carbocycles. The minimum absolute atomic E-state index is 0.0800. The summed E-state index contributed by atoms with van der Waals surface area (Å²) in [7, 11) is 0. The number of hydrogen-bond acceptors (Lipinski definition) is 4. The molecule has 0 aliphatic rings. The quantitative estimate of drug-likeness (QED) is 0.592. The molecular formula is C18H19ClN2O4. The molecule has 0 saturated heterocycles. The fraction of sp³-hybridized carbons (Fsp3) is 0.278. The van der Waals surface area contributed by atoms with Gasteiger partial charge in [-0.1, -0.05) is 43.6 Å². The van der Waals surface area contributed by atoms with E-state index in [1.54, 1.807) is 6.92 Å². The van der Waals surface area contributed by atoms with Crippen molar-refractivity contribution in [3.63, 3.8) is 0 Å². The van der Waals surface area contributed by atoms with Crippen LogP contribution in [-0.2, 0) is 4.79 Å². The molecule has 7 heteroatoms. The number of carbonyl (C=O) groups is 1. The van der Waals surface area contributed by atoms with Crippen LogP contribution in [0.1, 0.15) is 32.3 Å². The van der Waals surface area contributed by atoms with Crippen molar-refractivity contribution < 1.29 is 14.5 Å². The van der Waals surface area contributed by atoms with Crippen LogP contribution in [0.3, 0.4) is 0 Å². The molecule has 0 bridgehead atoms. The minimum atomic E-state index is -0.820. The summed E-state index contributed by atoms with van der Waals surface area (Å²) in [6.45, 7) is 5.67. The molecule has 2 rings (SSSR count). The second kappa shape index (κ2) is 7.98. The molecule has 0 radical (unpaired) electrons. The minimum Gasteiger partial charge on any atom is -0.479 e. The van der Waals surface area contributed by atoms with E-state index in [1.165, 1.54) is 18.2 Å². The van der Waals surface area contributed by atoms with Crippen molar-refractivity contribution in [1.29, 1.82) is 0 Å². The van der Waals surface area contributed by atoms with Gasteiger partial charge in [0.05, 0.1) is 9.95 Å². The van der Waals surface area contributed by atoms with Gasteiger partial charge >= 0.3 is 0 Å². The Hall–Kier alpha value is -2.60. The van der Waals surface area contributed by atoms with Crippen LogP contribution in [-0.4, -0.2) is 16.9 Å². The van der Waals surface area contributed by atoms with E-state index in [0.29, 0.717) is 0 Å². The van der Waals surface area contributed by atoms with Crippen LogP contribution < -0.4 is 10.1 Å². The van der Waals surface area contributed by atoms with Crippen LogP contribution in [0.5, 0.6) is 5.75 Å². The number of benzene rings is 2. The zero-order chi connectivity index (χ0) is 18.6. The number of amides is 1. The summed E-state index contributed by atoms with van der Waals surface area (Å²) < 4.78 is 5.55. The third-order valence-electron chi connectivity index (χ3n) is 3.64. The molecule has 0 unspecified atom stereocenters. The standard InChI is InChI=1S/C18H19ClN2O4/c1-11(2)14-6-4-5-7-16(14)20-18(22)12(3)25-17-9-8-13(21(23)24)10-15(17)19/h4-12H,1-3H3,(H,20,22)/t12-/m0/s1. The first-order valence-corrected chi connectivity index (χ1v) is 8.17. The molecule has 1 atom stereocenters. The highest BCUT2D eigenvalue weighted by molar-refractivity contribution is 6.32. The maximum absolute atomic E-state index is 12.4. The van der Waals surface area contributed by atoms with Gasteiger partial charge in [-0.2, -0.15) is 0 Å². The maximum atomic E-state index is 12.4. The fourth-order valence-corrected chi connectivity index (χ4v) is 2.51. The fourth-order valence-electron chi connectivity index (χ4n) is 2.29. The molecule has 0 heterocycles. The largest absolute Gasteiger partial charge is 0.479 e. The van der Waals surface area contributed by atoms with Crippen molar-refractivity contribution in [2.24, 2.45) is 0 Å². The summed E-state index contributed by atoms with van der Waals surface area (Å²) in [5.41, 5.74) is 1.62. The molecule has 0 aromatic heterocycles. The monoisotopic (exact) mass is 362 g/mol. The van der Waals surface area contributed by atoms with Gasteiger partial charge in [-0.05, 0) is 30.5 Å². The molecule has 2 aromatic carbocycles. The lowest BCUT2D eigenvalue weighted by Crippen LogP contribution is -2.30. The van der Waals surface area contributed by atoms with Gasteiger partial charge in [-0.15, -0.1) is 0 Å². The van der Waals surface area contributed by atoms with Crippen LogP contribution >= 0.6 is 11.6 Å². The van der Waals surface area contributed by atoms with Crippen molar-refractivity contribution >= 4 is 28.9 Å². The van der Waals surface area contributed by atoms with Crippen LogP contribution in [0.15, 0.2) is 42.5 Å². The third kappa shape index (κ3) is 4.70. The number of halogens is 1. The van der Waals surface area contributed by atoms with Gasteiger partial charge in [0.1, 0.15) is 5.75 Å². The van der Waals surface area contributed by atoms with E-state index in [0.717, 1.165) is 11.3 Å². The number of para-hydroxylation sites is 1. The van der Waals surface area contributed by atoms with Crippen molar-refractivity contribution in [1.82, 2.24) is 0 Å². The Balaban J connectivity index is 2.10. The first kappa shape index (κ1) is 18.7. The smallest absolute Gasteiger partial charge is 0.271 e. The topological polar surface area (TPSA) is 81.5 Å². The van der Waals surface area contributed by atoms with E-state index in [2.05, 4.69) is 5.32 Å². The first-order chi connectivity index (χ1) is 11.8. The van der Waals surface area contributed by atoms with Crippen molar-refractivity contribution in [3.05, 3.63) is 63.2 Å². The number of hydrogen-bond donors (Lipinski definition) is 1. The second-order valence-electron chi connectivity index (χ2n) is 5.86. The van der Waals surface area contributed by atoms with Crippen LogP contribution in [0.2, 0.25) is 5.02 Å². The number of rotatable bonds is 6. The van der Waals surface area contributed by atoms with Gasteiger partial charge in [0.25, 0.3) is 11.6 Å². The van der Waals surface area contributed by atoms with Gasteiger partial charge in [0.15, 0.2) is 6.10 Å². The Morgan fingerprint density at radius 3 is 2.48 bits per heavy atom. The van der Waals surface area contributed by atoms with Gasteiger partial charge in [0, 0.05) is 17.8 Å². The molecule has 2 aromatic rings. The zero-order valence-corrected chi connectivity index (χ0v) is 14.9. The molecule has 0 spiro atoms. The Labute approximate surface area is 150 Å². The molecule has 0 aliphatic carbocycles. The molecule has 0 fully saturated rings. The Kier molecular flexibility index (Phi) is 5.98. The van der Waals surface area contributed by atoms with Crippen LogP contribution in [0, 0.1) is 10.1 Å². The van der Waals surface area contributed by atoms with E-state index in [-0.39, 0.29) is 28.3 Å². The van der Waals surface area contributed by atoms with Gasteiger partial charge in [-0.25, -0.2) is 0 Å². The van der Waals surface area contributed by atoms with Gasteiger partial charge < -0.3 is 10.1 Å². The summed E-state index contributed by atoms with van der Waals surface area (Å²) in [6.07, 6.45) is -0.820. The molecule has 1 N–H and O–H groups in total. The van der Waals surface area contributed by atoms with Crippen LogP contribution in [0.4, 0.5) is 11.4 Å². The highest BCUT2D eigenvalue weighted by atomic mass is 35.5. The Morgan fingerprint density at radius 1 is 1.20 bits per heavy atom. The molecule has 0 aliphatic heterocycles. The van der Waals surface area contributed by atoms with E-state index >= 15 is 0 Å². The molecule has 25 heavy (non-hydrogen) atoms. The summed E-state index contributed by atoms with van der Waals surface area (Å²) in [5.74, 6) is 0.145. The van der Waals surface area contributed by atoms with E-state index in [9.17, 15) is 14.9 Å². The van der Waals surface area contributed by atoms with Crippen molar-refractivity contribution in [2.45, 2.75) is 32.8 Å². The number of anilines is 1. The number of nitro groups is 1. The molecule has 1 amide bonds. The third-order valence-corrected chi connectivity index (χ3v) is 3.94. The lowest BCUT2D eigenvalue weighted by Gasteiger charge is -2.18. The Morgan fingerprint density at radius 2 is 1.88 bits per heavy atom. The number of carbonyl (C=O) groups excluding carboxylic acids is 1. The normalized spacial score (nSPS) is 11.9. The zero-order valence-electron chi connectivity index (χ0n) is 14.2. The first-order valence-electron chi connectivity index (χ1n) is 7.80. The summed E-state index contributed by atoms with van der Waals surface area (Å²) >= 11 is 5.99. The lowest BCUT2D eigenvalue weighted by atomic mass is 10.0. The van der Waals surface area contributed by atoms with Crippen LogP contribution in [0.25, 0.3) is 0 Å². The predicted octanol–water partition coefficient (Wildman–Crippen LogP) is 4.78. The number of non-ortho nitro benzene ring substituents is 1. The number of nitro benzene ring substituents is 1. The van der Waals surface area contributed by atoms with E-state index in [1.807, 2.05) is 38.1 Å². The summed E-state index contributed by atoms with van der Waals surface area (Å²) in [6, 6.07) is 11.4. The number of nitrogens with zero attached hydrogens (tertiary/aromatic N) is 1. The average molecular weight is 363 g/mol. The van der Waals surface area contributed by atoms with Crippen molar-refractivity contribution in [2.75, 3.05) is 5.32 Å². The highest BCUT2D eigenvalue weighted by Crippen LogP contribution is 2.30. The highest BCUT2D eigenvalue weighted by Gasteiger charge is 2.19. The van der Waals surface area contributed by atoms with E-state index in [4.69, 9.17) is 16.3 Å². The maximum Gasteiger partial charge on any atom is 0.271 e. The van der Waals surface area contributed by atoms with Crippen molar-refractivity contribution in [3.8, 4) is 5.75 Å². The molecule has 132 valence electrons. The number of ether oxygens (including phenoxy) is 1.